The van der Waals surface area contributed by atoms with Crippen molar-refractivity contribution in [2.75, 3.05) is 0 Å². The first kappa shape index (κ1) is 18.3. The van der Waals surface area contributed by atoms with Crippen molar-refractivity contribution in [2.45, 2.75) is 64.2 Å². The third-order valence-corrected chi connectivity index (χ3v) is 4.66. The van der Waals surface area contributed by atoms with E-state index in [1.54, 1.807) is 0 Å². The number of benzene rings is 1. The van der Waals surface area contributed by atoms with Crippen molar-refractivity contribution in [3.8, 4) is 11.4 Å². The maximum atomic E-state index is 4.60. The standard InChI is InChI=1S/C20H25N2.Ir/c1-20(2,3)18-11-7-10-16(12-18)19-21-13-17(14-22-19)15-8-5-4-6-9-15;/h7,11-15H,4-6,8-9H2,1-3H3;/q-1;. The maximum absolute atomic E-state index is 4.60. The van der Waals surface area contributed by atoms with E-state index in [1.807, 2.05) is 18.5 Å². The molecule has 0 unspecified atom stereocenters. The molecule has 1 heterocycles. The summed E-state index contributed by atoms with van der Waals surface area (Å²) in [6.45, 7) is 6.66. The normalized spacial score (nSPS) is 16.0. The van der Waals surface area contributed by atoms with Crippen molar-refractivity contribution in [3.05, 3.63) is 47.8 Å². The first-order valence-corrected chi connectivity index (χ1v) is 8.38. The molecule has 1 fully saturated rings. The van der Waals surface area contributed by atoms with Gasteiger partial charge in [-0.15, -0.1) is 35.4 Å². The van der Waals surface area contributed by atoms with Crippen LogP contribution < -0.4 is 0 Å². The molecular formula is C20H25IrN2-. The summed E-state index contributed by atoms with van der Waals surface area (Å²) < 4.78 is 0. The molecule has 1 aromatic carbocycles. The van der Waals surface area contributed by atoms with Crippen molar-refractivity contribution in [1.82, 2.24) is 9.97 Å². The molecule has 2 aromatic rings. The summed E-state index contributed by atoms with van der Waals surface area (Å²) in [5.41, 5.74) is 3.71. The van der Waals surface area contributed by atoms with E-state index >= 15 is 0 Å². The molecule has 3 heteroatoms. The molecule has 0 aliphatic heterocycles. The Morgan fingerprint density at radius 1 is 1.04 bits per heavy atom. The van der Waals surface area contributed by atoms with Crippen molar-refractivity contribution < 1.29 is 20.1 Å². The minimum Gasteiger partial charge on any atom is -0.285 e. The summed E-state index contributed by atoms with van der Waals surface area (Å²) >= 11 is 0. The second kappa shape index (κ2) is 7.68. The summed E-state index contributed by atoms with van der Waals surface area (Å²) in [6.07, 6.45) is 10.7. The molecule has 125 valence electrons. The second-order valence-corrected chi connectivity index (χ2v) is 7.42. The first-order chi connectivity index (χ1) is 10.5. The van der Waals surface area contributed by atoms with Gasteiger partial charge in [0.05, 0.1) is 5.82 Å². The molecule has 0 spiro atoms. The molecular weight excluding hydrogens is 460 g/mol. The topological polar surface area (TPSA) is 25.8 Å². The maximum Gasteiger partial charge on any atom is 0.0748 e. The molecule has 0 amide bonds. The van der Waals surface area contributed by atoms with E-state index in [0.717, 1.165) is 11.4 Å². The van der Waals surface area contributed by atoms with Crippen LogP contribution in [0.5, 0.6) is 0 Å². The van der Waals surface area contributed by atoms with Crippen molar-refractivity contribution >= 4 is 0 Å². The van der Waals surface area contributed by atoms with Gasteiger partial charge in [0.2, 0.25) is 0 Å². The van der Waals surface area contributed by atoms with Crippen molar-refractivity contribution in [3.63, 3.8) is 0 Å². The van der Waals surface area contributed by atoms with E-state index in [4.69, 9.17) is 0 Å². The van der Waals surface area contributed by atoms with Crippen LogP contribution >= 0.6 is 0 Å². The van der Waals surface area contributed by atoms with Gasteiger partial charge in [0.15, 0.2) is 0 Å². The van der Waals surface area contributed by atoms with Crippen LogP contribution in [0.4, 0.5) is 0 Å². The fourth-order valence-electron chi connectivity index (χ4n) is 3.19. The molecule has 1 aromatic heterocycles. The third kappa shape index (κ3) is 4.49. The van der Waals surface area contributed by atoms with Crippen LogP contribution in [0.2, 0.25) is 0 Å². The Morgan fingerprint density at radius 2 is 1.70 bits per heavy atom. The summed E-state index contributed by atoms with van der Waals surface area (Å²) in [5.74, 6) is 1.44. The van der Waals surface area contributed by atoms with Gasteiger partial charge in [-0.2, -0.15) is 0 Å². The number of nitrogens with zero attached hydrogens (tertiary/aromatic N) is 2. The number of aromatic nitrogens is 2. The Labute approximate surface area is 153 Å². The van der Waals surface area contributed by atoms with Gasteiger partial charge in [-0.1, -0.05) is 40.0 Å². The Bertz CT molecular complexity index is 623. The number of hydrogen-bond acceptors (Lipinski definition) is 2. The second-order valence-electron chi connectivity index (χ2n) is 7.42. The zero-order chi connectivity index (χ0) is 15.6. The van der Waals surface area contributed by atoms with Gasteiger partial charge in [-0.05, 0) is 29.7 Å². The van der Waals surface area contributed by atoms with E-state index in [9.17, 15) is 0 Å². The Kier molecular flexibility index (Phi) is 6.11. The summed E-state index contributed by atoms with van der Waals surface area (Å²) in [6, 6.07) is 9.54. The van der Waals surface area contributed by atoms with E-state index in [0.29, 0.717) is 5.92 Å². The minimum atomic E-state index is 0. The fourth-order valence-corrected chi connectivity index (χ4v) is 3.19. The average Bonchev–Trinajstić information content (AvgIpc) is 2.55. The predicted molar refractivity (Wildman–Crippen MR) is 90.8 cm³/mol. The molecule has 3 rings (SSSR count). The Balaban J connectivity index is 0.00000192. The van der Waals surface area contributed by atoms with Gasteiger partial charge >= 0.3 is 0 Å². The van der Waals surface area contributed by atoms with Gasteiger partial charge in [0, 0.05) is 32.5 Å². The predicted octanol–water partition coefficient (Wildman–Crippen LogP) is 5.29. The molecule has 23 heavy (non-hydrogen) atoms. The molecule has 0 bridgehead atoms. The van der Waals surface area contributed by atoms with Crippen LogP contribution in [0.1, 0.15) is 69.9 Å². The SMILES string of the molecule is CC(C)(C)c1cc[c-]c(-c2ncc(C3CCCCC3)cn2)c1.[Ir]. The Morgan fingerprint density at radius 3 is 2.30 bits per heavy atom. The van der Waals surface area contributed by atoms with Crippen LogP contribution in [-0.4, -0.2) is 9.97 Å². The van der Waals surface area contributed by atoms with Crippen LogP contribution in [0, 0.1) is 6.07 Å². The minimum absolute atomic E-state index is 0. The Hall–Kier alpha value is -1.05. The zero-order valence-corrected chi connectivity index (χ0v) is 16.6. The van der Waals surface area contributed by atoms with Crippen LogP contribution in [-0.2, 0) is 25.5 Å². The number of hydrogen-bond donors (Lipinski definition) is 0. The molecule has 0 atom stereocenters. The van der Waals surface area contributed by atoms with Crippen LogP contribution in [0.25, 0.3) is 11.4 Å². The van der Waals surface area contributed by atoms with E-state index in [1.165, 1.54) is 43.2 Å². The quantitative estimate of drug-likeness (QED) is 0.541. The summed E-state index contributed by atoms with van der Waals surface area (Å²) in [7, 11) is 0. The van der Waals surface area contributed by atoms with E-state index in [2.05, 4.69) is 48.9 Å². The van der Waals surface area contributed by atoms with Gasteiger partial charge < -0.3 is 0 Å². The van der Waals surface area contributed by atoms with Gasteiger partial charge in [0.1, 0.15) is 0 Å². The number of rotatable bonds is 2. The fraction of sp³-hybridized carbons (Fsp3) is 0.500. The van der Waals surface area contributed by atoms with Gasteiger partial charge in [-0.25, -0.2) is 0 Å². The summed E-state index contributed by atoms with van der Waals surface area (Å²) in [4.78, 5) is 9.21. The zero-order valence-electron chi connectivity index (χ0n) is 14.2. The molecule has 1 aliphatic carbocycles. The summed E-state index contributed by atoms with van der Waals surface area (Å²) in [5, 5.41) is 0. The molecule has 0 saturated heterocycles. The van der Waals surface area contributed by atoms with E-state index < -0.39 is 0 Å². The monoisotopic (exact) mass is 486 g/mol. The van der Waals surface area contributed by atoms with E-state index in [-0.39, 0.29) is 25.5 Å². The molecule has 0 N–H and O–H groups in total. The van der Waals surface area contributed by atoms with Crippen LogP contribution in [0.3, 0.4) is 0 Å². The average molecular weight is 486 g/mol. The van der Waals surface area contributed by atoms with Gasteiger partial charge in [0.25, 0.3) is 0 Å². The van der Waals surface area contributed by atoms with Crippen LogP contribution in [0.15, 0.2) is 30.6 Å². The van der Waals surface area contributed by atoms with Gasteiger partial charge in [-0.3, -0.25) is 9.97 Å². The molecule has 1 saturated carbocycles. The molecule has 1 aliphatic rings. The molecule has 2 nitrogen and oxygen atoms in total. The third-order valence-electron chi connectivity index (χ3n) is 4.66. The largest absolute Gasteiger partial charge is 0.285 e. The molecule has 1 radical (unpaired) electrons. The van der Waals surface area contributed by atoms with Crippen molar-refractivity contribution in [2.24, 2.45) is 0 Å². The first-order valence-electron chi connectivity index (χ1n) is 8.38. The van der Waals surface area contributed by atoms with Crippen molar-refractivity contribution in [1.29, 1.82) is 0 Å². The smallest absolute Gasteiger partial charge is 0.0748 e.